The summed E-state index contributed by atoms with van der Waals surface area (Å²) < 4.78 is 0. The number of rotatable bonds is 5. The zero-order valence-corrected chi connectivity index (χ0v) is 22.6. The maximum atomic E-state index is 5.55. The van der Waals surface area contributed by atoms with Gasteiger partial charge in [-0.2, -0.15) is 0 Å². The maximum absolute atomic E-state index is 5.55. The molecule has 0 saturated carbocycles. The summed E-state index contributed by atoms with van der Waals surface area (Å²) in [6.45, 7) is 4.70. The van der Waals surface area contributed by atoms with Crippen molar-refractivity contribution < 1.29 is 21.1 Å². The van der Waals surface area contributed by atoms with Gasteiger partial charge in [0.1, 0.15) is 0 Å². The van der Waals surface area contributed by atoms with Gasteiger partial charge in [0.15, 0.2) is 0 Å². The molecule has 0 atom stereocenters. The molecule has 0 aliphatic carbocycles. The molecule has 36 heavy (non-hydrogen) atoms. The Bertz CT molecular complexity index is 1560. The van der Waals surface area contributed by atoms with Crippen LogP contribution in [-0.2, 0) is 27.6 Å². The van der Waals surface area contributed by atoms with Gasteiger partial charge in [0, 0.05) is 29.7 Å². The second-order valence-electron chi connectivity index (χ2n) is 8.78. The average Bonchev–Trinajstić information content (AvgIpc) is 2.91. The summed E-state index contributed by atoms with van der Waals surface area (Å²) >= 11 is 0. The molecule has 4 aromatic carbocycles. The molecule has 0 saturated heterocycles. The first-order valence-electron chi connectivity index (χ1n) is 12.2. The van der Waals surface area contributed by atoms with Crippen LogP contribution < -0.4 is 11.1 Å². The number of nitrogens with two attached hydrogens (primary N) is 1. The normalized spacial score (nSPS) is 10.8. The fourth-order valence-corrected chi connectivity index (χ4v) is 4.69. The van der Waals surface area contributed by atoms with E-state index in [9.17, 15) is 0 Å². The van der Waals surface area contributed by atoms with Crippen molar-refractivity contribution in [2.75, 3.05) is 13.1 Å². The van der Waals surface area contributed by atoms with Crippen molar-refractivity contribution >= 4 is 43.4 Å². The van der Waals surface area contributed by atoms with Crippen LogP contribution in [0, 0.1) is 6.92 Å². The molecule has 180 valence electrons. The van der Waals surface area contributed by atoms with Crippen molar-refractivity contribution in [3.05, 3.63) is 108 Å². The van der Waals surface area contributed by atoms with Crippen molar-refractivity contribution in [2.24, 2.45) is 5.73 Å². The Morgan fingerprint density at radius 2 is 1.28 bits per heavy atom. The Hall–Kier alpha value is -3.17. The van der Waals surface area contributed by atoms with Crippen LogP contribution in [0.3, 0.4) is 0 Å². The van der Waals surface area contributed by atoms with E-state index in [-0.39, 0.29) is 21.1 Å². The molecule has 0 aliphatic rings. The van der Waals surface area contributed by atoms with Crippen molar-refractivity contribution in [1.82, 2.24) is 15.3 Å². The molecule has 0 radical (unpaired) electrons. The van der Waals surface area contributed by atoms with Crippen LogP contribution in [0.25, 0.3) is 43.4 Å². The first-order chi connectivity index (χ1) is 17.3. The molecule has 0 bridgehead atoms. The summed E-state index contributed by atoms with van der Waals surface area (Å²) in [4.78, 5) is 8.80. The third kappa shape index (κ3) is 5.47. The summed E-state index contributed by atoms with van der Waals surface area (Å²) in [5, 5.41) is 11.1. The van der Waals surface area contributed by atoms with Gasteiger partial charge in [-0.05, 0) is 83.4 Å². The minimum atomic E-state index is 0. The van der Waals surface area contributed by atoms with Crippen molar-refractivity contribution in [1.29, 1.82) is 0 Å². The summed E-state index contributed by atoms with van der Waals surface area (Å²) in [5.74, 6) is 0. The Kier molecular flexibility index (Phi) is 8.77. The number of aromatic nitrogens is 2. The molecule has 2 heterocycles. The molecular weight excluding hydrogens is 623 g/mol. The van der Waals surface area contributed by atoms with Crippen LogP contribution in [0.5, 0.6) is 0 Å². The van der Waals surface area contributed by atoms with Crippen LogP contribution in [-0.4, -0.2) is 23.1 Å². The molecule has 0 fully saturated rings. The van der Waals surface area contributed by atoms with Gasteiger partial charge < -0.3 is 11.1 Å². The zero-order valence-electron chi connectivity index (χ0n) is 20.4. The molecule has 4 nitrogen and oxygen atoms in total. The number of nitrogens with one attached hydrogen (secondary N) is 1. The van der Waals surface area contributed by atoms with Gasteiger partial charge in [0.2, 0.25) is 0 Å². The molecule has 0 amide bonds. The Morgan fingerprint density at radius 3 is 1.97 bits per heavy atom. The fraction of sp³-hybridized carbons (Fsp3) is 0.161. The summed E-state index contributed by atoms with van der Waals surface area (Å²) in [5.41, 5.74) is 10.2. The summed E-state index contributed by atoms with van der Waals surface area (Å²) in [6, 6.07) is 29.7. The molecule has 0 unspecified atom stereocenters. The van der Waals surface area contributed by atoms with Gasteiger partial charge in [-0.25, -0.2) is 0 Å². The summed E-state index contributed by atoms with van der Waals surface area (Å²) in [6.07, 6.45) is 4.64. The minimum absolute atomic E-state index is 0. The van der Waals surface area contributed by atoms with Crippen LogP contribution >= 0.6 is 0 Å². The average molecular weight is 654 g/mol. The van der Waals surface area contributed by atoms with Crippen molar-refractivity contribution in [2.45, 2.75) is 19.9 Å². The first kappa shape index (κ1) is 25.9. The van der Waals surface area contributed by atoms with E-state index in [2.05, 4.69) is 95.0 Å². The number of hydrogen-bond acceptors (Lipinski definition) is 4. The summed E-state index contributed by atoms with van der Waals surface area (Å²) in [7, 11) is 0. The maximum Gasteiger partial charge on any atom is 4.00 e. The van der Waals surface area contributed by atoms with E-state index in [0.29, 0.717) is 0 Å². The van der Waals surface area contributed by atoms with E-state index in [1.165, 1.54) is 38.1 Å². The SMILES string of the molecule is Cc1cc2cccnc2c2ncccc12.NCCCNCc1c2ccccc2cc2ccccc12.[Pt+4]. The largest absolute Gasteiger partial charge is 4.00 e. The molecular formula is C31H30N4Pt+4. The van der Waals surface area contributed by atoms with Crippen molar-refractivity contribution in [3.63, 3.8) is 0 Å². The smallest absolute Gasteiger partial charge is 0.330 e. The predicted octanol–water partition coefficient (Wildman–Crippen LogP) is 6.52. The Labute approximate surface area is 226 Å². The molecule has 2 aromatic heterocycles. The number of aryl methyl sites for hydroxylation is 1. The van der Waals surface area contributed by atoms with Gasteiger partial charge in [0.25, 0.3) is 0 Å². The molecule has 6 rings (SSSR count). The Balaban J connectivity index is 0.000000170. The number of pyridine rings is 2. The van der Waals surface area contributed by atoms with Gasteiger partial charge in [0.05, 0.1) is 11.0 Å². The fourth-order valence-electron chi connectivity index (χ4n) is 4.69. The number of hydrogen-bond donors (Lipinski definition) is 2. The first-order valence-corrected chi connectivity index (χ1v) is 12.2. The van der Waals surface area contributed by atoms with E-state index >= 15 is 0 Å². The third-order valence-corrected chi connectivity index (χ3v) is 6.41. The third-order valence-electron chi connectivity index (χ3n) is 6.41. The standard InChI is InChI=1S/C18H20N2.C13H10N2.Pt/c19-10-5-11-20-13-18-16-8-3-1-6-14(16)12-15-7-2-4-9-17(15)18;1-9-8-10-4-2-6-14-12(10)13-11(9)5-3-7-15-13;/h1-4,6-9,12,20H,5,10-11,13,19H2;2-8H,1H3;/q;;+4. The molecule has 0 aliphatic heterocycles. The van der Waals surface area contributed by atoms with Gasteiger partial charge >= 0.3 is 21.1 Å². The van der Waals surface area contributed by atoms with Gasteiger partial charge in [-0.1, -0.05) is 60.7 Å². The zero-order chi connectivity index (χ0) is 24.0. The topological polar surface area (TPSA) is 63.8 Å². The van der Waals surface area contributed by atoms with E-state index in [0.717, 1.165) is 42.5 Å². The van der Waals surface area contributed by atoms with Crippen LogP contribution in [0.15, 0.2) is 97.3 Å². The Morgan fingerprint density at radius 1 is 0.694 bits per heavy atom. The van der Waals surface area contributed by atoms with Gasteiger partial charge in [-0.3, -0.25) is 9.97 Å². The van der Waals surface area contributed by atoms with E-state index in [1.54, 1.807) is 0 Å². The molecule has 6 aromatic rings. The number of nitrogens with zero attached hydrogens (tertiary/aromatic N) is 2. The van der Waals surface area contributed by atoms with Crippen LogP contribution in [0.4, 0.5) is 0 Å². The van der Waals surface area contributed by atoms with Crippen LogP contribution in [0.1, 0.15) is 17.5 Å². The molecule has 3 N–H and O–H groups in total. The monoisotopic (exact) mass is 653 g/mol. The number of benzene rings is 4. The number of fused-ring (bicyclic) bond motifs is 5. The quantitative estimate of drug-likeness (QED) is 0.126. The van der Waals surface area contributed by atoms with E-state index < -0.39 is 0 Å². The predicted molar refractivity (Wildman–Crippen MR) is 149 cm³/mol. The molecule has 0 spiro atoms. The molecule has 5 heteroatoms. The van der Waals surface area contributed by atoms with E-state index in [1.807, 2.05) is 24.5 Å². The minimum Gasteiger partial charge on any atom is -0.330 e. The van der Waals surface area contributed by atoms with Crippen LogP contribution in [0.2, 0.25) is 0 Å². The van der Waals surface area contributed by atoms with Crippen molar-refractivity contribution in [3.8, 4) is 0 Å². The van der Waals surface area contributed by atoms with Gasteiger partial charge in [-0.15, -0.1) is 0 Å². The second kappa shape index (κ2) is 12.2. The second-order valence-corrected chi connectivity index (χ2v) is 8.78. The van der Waals surface area contributed by atoms with E-state index in [4.69, 9.17) is 5.73 Å².